The summed E-state index contributed by atoms with van der Waals surface area (Å²) in [7, 11) is 1.34. The minimum atomic E-state index is -1.16. The van der Waals surface area contributed by atoms with Crippen LogP contribution in [0.5, 0.6) is 5.75 Å². The number of ether oxygens (including phenoxy) is 2. The second kappa shape index (κ2) is 6.91. The number of benzene rings is 1. The van der Waals surface area contributed by atoms with Gasteiger partial charge in [0.1, 0.15) is 11.7 Å². The molecule has 2 aliphatic rings. The highest BCUT2D eigenvalue weighted by molar-refractivity contribution is 7.07. The van der Waals surface area contributed by atoms with Gasteiger partial charge >= 0.3 is 5.97 Å². The number of aryl methyl sites for hydroxylation is 1. The van der Waals surface area contributed by atoms with Crippen LogP contribution in [0.15, 0.2) is 40.2 Å². The van der Waals surface area contributed by atoms with Crippen LogP contribution in [-0.2, 0) is 16.1 Å². The largest absolute Gasteiger partial charge is 0.469 e. The topological polar surface area (TPSA) is 87.7 Å². The van der Waals surface area contributed by atoms with Gasteiger partial charge in [0.05, 0.1) is 23.9 Å². The van der Waals surface area contributed by atoms with Crippen LogP contribution in [-0.4, -0.2) is 33.2 Å². The van der Waals surface area contributed by atoms with Gasteiger partial charge in [0.15, 0.2) is 4.80 Å². The van der Waals surface area contributed by atoms with Crippen molar-refractivity contribution in [3.8, 4) is 5.75 Å². The van der Waals surface area contributed by atoms with Gasteiger partial charge in [-0.25, -0.2) is 4.99 Å². The average Bonchev–Trinajstić information content (AvgIpc) is 3.25. The van der Waals surface area contributed by atoms with Crippen LogP contribution in [0.25, 0.3) is 6.08 Å². The molecule has 3 unspecified atom stereocenters. The highest BCUT2D eigenvalue weighted by atomic mass is 32.1. The summed E-state index contributed by atoms with van der Waals surface area (Å²) in [6.07, 6.45) is 3.60. The summed E-state index contributed by atoms with van der Waals surface area (Å²) in [5, 5.41) is 4.36. The predicted octanol–water partition coefficient (Wildman–Crippen LogP) is 1.38. The summed E-state index contributed by atoms with van der Waals surface area (Å²) in [5.74, 6) is -0.613. The highest BCUT2D eigenvalue weighted by Crippen LogP contribution is 2.47. The number of hydrogen-bond acceptors (Lipinski definition) is 7. The van der Waals surface area contributed by atoms with Crippen LogP contribution in [0.3, 0.4) is 0 Å². The fraction of sp³-hybridized carbons (Fsp3) is 0.364. The Balaban J connectivity index is 1.78. The lowest BCUT2D eigenvalue weighted by Crippen LogP contribution is -2.58. The van der Waals surface area contributed by atoms with Gasteiger partial charge in [-0.15, -0.1) is 0 Å². The quantitative estimate of drug-likeness (QED) is 0.577. The summed E-state index contributed by atoms with van der Waals surface area (Å²) in [6, 6.07) is 6.90. The Kier molecular flexibility index (Phi) is 4.40. The molecule has 0 radical (unpaired) electrons. The molecule has 0 saturated carbocycles. The first-order valence-corrected chi connectivity index (χ1v) is 10.9. The molecule has 0 fully saturated rings. The molecule has 0 aliphatic carbocycles. The molecule has 2 aliphatic heterocycles. The van der Waals surface area contributed by atoms with Crippen LogP contribution < -0.4 is 19.6 Å². The van der Waals surface area contributed by atoms with Crippen molar-refractivity contribution in [1.82, 2.24) is 14.3 Å². The second-order valence-electron chi connectivity index (χ2n) is 7.82. The minimum absolute atomic E-state index is 0.190. The number of aromatic nitrogens is 3. The van der Waals surface area contributed by atoms with Gasteiger partial charge in [-0.2, -0.15) is 5.10 Å². The number of para-hydroxylation sites is 1. The van der Waals surface area contributed by atoms with Crippen molar-refractivity contribution in [2.45, 2.75) is 39.1 Å². The van der Waals surface area contributed by atoms with Crippen LogP contribution >= 0.6 is 11.3 Å². The summed E-state index contributed by atoms with van der Waals surface area (Å²) < 4.78 is 15.3. The van der Waals surface area contributed by atoms with Crippen molar-refractivity contribution in [1.29, 1.82) is 0 Å². The maximum Gasteiger partial charge on any atom is 0.317 e. The van der Waals surface area contributed by atoms with Gasteiger partial charge in [-0.3, -0.25) is 18.8 Å². The van der Waals surface area contributed by atoms with E-state index < -0.39 is 23.7 Å². The van der Waals surface area contributed by atoms with E-state index >= 15 is 0 Å². The van der Waals surface area contributed by atoms with E-state index in [2.05, 4.69) is 5.10 Å². The SMILES string of the molecule is CCn1ncc(/C=c2/sc3n(c2=O)C2c4ccccc4OC(C)(N=3)C2C(=O)OC)c1C. The Hall–Kier alpha value is -3.20. The fourth-order valence-corrected chi connectivity index (χ4v) is 5.58. The minimum Gasteiger partial charge on any atom is -0.469 e. The molecule has 5 rings (SSSR count). The van der Waals surface area contributed by atoms with E-state index in [1.54, 1.807) is 17.7 Å². The third kappa shape index (κ3) is 2.79. The van der Waals surface area contributed by atoms with E-state index in [9.17, 15) is 9.59 Å². The van der Waals surface area contributed by atoms with Crippen LogP contribution in [0.2, 0.25) is 0 Å². The number of hydrogen-bond donors (Lipinski definition) is 0. The Morgan fingerprint density at radius 1 is 1.39 bits per heavy atom. The first kappa shape index (κ1) is 19.7. The molecular weight excluding hydrogens is 416 g/mol. The number of esters is 1. The zero-order valence-electron chi connectivity index (χ0n) is 17.7. The first-order valence-electron chi connectivity index (χ1n) is 10.1. The average molecular weight is 439 g/mol. The number of carbonyl (C=O) groups is 1. The molecule has 4 heterocycles. The zero-order valence-corrected chi connectivity index (χ0v) is 18.5. The molecule has 8 nitrogen and oxygen atoms in total. The van der Waals surface area contributed by atoms with Crippen molar-refractivity contribution in [3.05, 3.63) is 67.0 Å². The predicted molar refractivity (Wildman–Crippen MR) is 115 cm³/mol. The molecule has 3 atom stereocenters. The van der Waals surface area contributed by atoms with Crippen LogP contribution in [0.1, 0.15) is 36.7 Å². The first-order chi connectivity index (χ1) is 14.9. The van der Waals surface area contributed by atoms with Crippen molar-refractivity contribution in [2.75, 3.05) is 7.11 Å². The summed E-state index contributed by atoms with van der Waals surface area (Å²) in [5.41, 5.74) is 1.29. The third-order valence-corrected chi connectivity index (χ3v) is 7.05. The number of thiazole rings is 1. The Bertz CT molecular complexity index is 1390. The number of nitrogens with zero attached hydrogens (tertiary/aromatic N) is 4. The Morgan fingerprint density at radius 2 is 2.16 bits per heavy atom. The molecule has 160 valence electrons. The third-order valence-electron chi connectivity index (χ3n) is 6.06. The maximum absolute atomic E-state index is 13.5. The fourth-order valence-electron chi connectivity index (χ4n) is 4.49. The lowest BCUT2D eigenvalue weighted by molar-refractivity contribution is -0.158. The Labute approximate surface area is 182 Å². The van der Waals surface area contributed by atoms with Crippen molar-refractivity contribution in [2.24, 2.45) is 10.9 Å². The van der Waals surface area contributed by atoms with Gasteiger partial charge < -0.3 is 9.47 Å². The molecule has 2 bridgehead atoms. The lowest BCUT2D eigenvalue weighted by atomic mass is 9.81. The van der Waals surface area contributed by atoms with Crippen LogP contribution in [0.4, 0.5) is 0 Å². The molecular formula is C22H22N4O4S. The standard InChI is InChI=1S/C22H22N4O4S/c1-5-25-12(2)13(11-23-25)10-16-19(27)26-18-14-8-6-7-9-15(14)30-22(3,24-21(26)31-16)17(18)20(28)29-4/h6-11,17-18H,5H2,1-4H3/b16-10+. The molecule has 2 aromatic heterocycles. The number of carbonyl (C=O) groups excluding carboxylic acids is 1. The highest BCUT2D eigenvalue weighted by Gasteiger charge is 2.55. The number of rotatable bonds is 3. The molecule has 0 amide bonds. The van der Waals surface area contributed by atoms with E-state index in [1.807, 2.05) is 48.9 Å². The van der Waals surface area contributed by atoms with Gasteiger partial charge in [0.25, 0.3) is 5.56 Å². The number of fused-ring (bicyclic) bond motifs is 6. The van der Waals surface area contributed by atoms with E-state index in [0.29, 0.717) is 15.1 Å². The molecule has 0 N–H and O–H groups in total. The van der Waals surface area contributed by atoms with Gasteiger partial charge in [0, 0.05) is 23.4 Å². The molecule has 0 spiro atoms. The van der Waals surface area contributed by atoms with Crippen molar-refractivity contribution in [3.63, 3.8) is 0 Å². The van der Waals surface area contributed by atoms with Crippen LogP contribution in [0, 0.1) is 12.8 Å². The van der Waals surface area contributed by atoms with E-state index in [4.69, 9.17) is 14.5 Å². The summed E-state index contributed by atoms with van der Waals surface area (Å²) in [6.45, 7) is 6.52. The zero-order chi connectivity index (χ0) is 21.9. The van der Waals surface area contributed by atoms with Crippen molar-refractivity contribution >= 4 is 23.4 Å². The molecule has 9 heteroatoms. The van der Waals surface area contributed by atoms with Gasteiger partial charge in [0.2, 0.25) is 5.72 Å². The molecule has 31 heavy (non-hydrogen) atoms. The van der Waals surface area contributed by atoms with Gasteiger partial charge in [-0.05, 0) is 32.9 Å². The molecule has 1 aromatic carbocycles. The smallest absolute Gasteiger partial charge is 0.317 e. The van der Waals surface area contributed by atoms with Crippen molar-refractivity contribution < 1.29 is 14.3 Å². The summed E-state index contributed by atoms with van der Waals surface area (Å²) >= 11 is 1.29. The molecule has 3 aromatic rings. The maximum atomic E-state index is 13.5. The van der Waals surface area contributed by atoms with E-state index in [1.165, 1.54) is 18.4 Å². The molecule has 0 saturated heterocycles. The monoisotopic (exact) mass is 438 g/mol. The van der Waals surface area contributed by atoms with Gasteiger partial charge in [-0.1, -0.05) is 29.5 Å². The normalized spacial score (nSPS) is 24.1. The Morgan fingerprint density at radius 3 is 2.87 bits per heavy atom. The second-order valence-corrected chi connectivity index (χ2v) is 8.83. The van der Waals surface area contributed by atoms with E-state index in [0.717, 1.165) is 23.4 Å². The number of methoxy groups -OCH3 is 1. The van der Waals surface area contributed by atoms with E-state index in [-0.39, 0.29) is 5.56 Å². The lowest BCUT2D eigenvalue weighted by Gasteiger charge is -2.44. The summed E-state index contributed by atoms with van der Waals surface area (Å²) in [4.78, 5) is 31.6.